The molecule has 5 rings (SSSR count). The number of benzene rings is 2. The number of methoxy groups -OCH3 is 1. The highest BCUT2D eigenvalue weighted by atomic mass is 35.5. The number of para-hydroxylation sites is 1. The lowest BCUT2D eigenvalue weighted by Crippen LogP contribution is -2.47. The smallest absolute Gasteiger partial charge is 0.229 e. The number of ether oxygens (including phenoxy) is 1. The summed E-state index contributed by atoms with van der Waals surface area (Å²) in [4.78, 5) is 14.2. The van der Waals surface area contributed by atoms with E-state index in [0.29, 0.717) is 17.5 Å². The van der Waals surface area contributed by atoms with Crippen molar-refractivity contribution >= 4 is 57.8 Å². The van der Waals surface area contributed by atoms with E-state index in [4.69, 9.17) is 16.3 Å². The van der Waals surface area contributed by atoms with Crippen LogP contribution in [0.4, 0.5) is 23.1 Å². The number of hydrogen-bond donors (Lipinski definition) is 2. The van der Waals surface area contributed by atoms with Crippen LogP contribution in [0.5, 0.6) is 5.75 Å². The Labute approximate surface area is 255 Å². The average Bonchev–Trinajstić information content (AvgIpc) is 2.99. The van der Waals surface area contributed by atoms with Crippen molar-refractivity contribution < 1.29 is 13.2 Å². The molecule has 2 N–H and O–H groups in total. The van der Waals surface area contributed by atoms with Crippen molar-refractivity contribution in [2.75, 3.05) is 63.3 Å². The number of hydrogen-bond acceptors (Lipinski definition) is 9. The normalized spacial score (nSPS) is 17.9. The fourth-order valence-corrected chi connectivity index (χ4v) is 9.18. The molecular weight excluding hydrogens is 591 g/mol. The minimum Gasteiger partial charge on any atom is -0.495 e. The molecule has 3 heterocycles. The Morgan fingerprint density at radius 2 is 1.74 bits per heavy atom. The van der Waals surface area contributed by atoms with E-state index in [2.05, 4.69) is 49.6 Å². The van der Waals surface area contributed by atoms with E-state index in [9.17, 15) is 8.42 Å². The number of halogens is 1. The summed E-state index contributed by atoms with van der Waals surface area (Å²) in [6, 6.07) is 13.8. The minimum atomic E-state index is -3.52. The molecule has 2 aromatic carbocycles. The van der Waals surface area contributed by atoms with Crippen LogP contribution in [0, 0.1) is 0 Å². The first-order chi connectivity index (χ1) is 20.2. The summed E-state index contributed by atoms with van der Waals surface area (Å²) in [6.07, 6.45) is 6.45. The Hall–Kier alpha value is -2.49. The van der Waals surface area contributed by atoms with Gasteiger partial charge in [-0.3, -0.25) is 4.90 Å². The van der Waals surface area contributed by atoms with Crippen molar-refractivity contribution in [3.8, 4) is 5.75 Å². The summed E-state index contributed by atoms with van der Waals surface area (Å²) in [6.45, 7) is 8.04. The van der Waals surface area contributed by atoms with Gasteiger partial charge < -0.3 is 20.3 Å². The molecular formula is C30H40ClN6O3PS. The van der Waals surface area contributed by atoms with E-state index in [-0.39, 0.29) is 17.8 Å². The number of nitrogens with one attached hydrogen (secondary N) is 2. The molecule has 0 spiro atoms. The lowest BCUT2D eigenvalue weighted by Gasteiger charge is -2.41. The third-order valence-electron chi connectivity index (χ3n) is 8.13. The fraction of sp³-hybridized carbons (Fsp3) is 0.467. The van der Waals surface area contributed by atoms with Crippen molar-refractivity contribution in [1.82, 2.24) is 19.8 Å². The van der Waals surface area contributed by atoms with Crippen LogP contribution in [0.15, 0.2) is 53.6 Å². The third kappa shape index (κ3) is 7.00. The van der Waals surface area contributed by atoms with Crippen LogP contribution in [-0.4, -0.2) is 92.1 Å². The molecule has 1 aromatic heterocycles. The van der Waals surface area contributed by atoms with Crippen LogP contribution in [0.1, 0.15) is 26.7 Å². The third-order valence-corrected chi connectivity index (χ3v) is 13.1. The van der Waals surface area contributed by atoms with Gasteiger partial charge in [-0.1, -0.05) is 37.7 Å². The molecule has 0 unspecified atom stereocenters. The second-order valence-corrected chi connectivity index (χ2v) is 16.5. The lowest BCUT2D eigenvalue weighted by atomic mass is 10.0. The second kappa shape index (κ2) is 13.4. The van der Waals surface area contributed by atoms with Crippen molar-refractivity contribution in [1.29, 1.82) is 0 Å². The van der Waals surface area contributed by atoms with Crippen LogP contribution in [0.3, 0.4) is 0 Å². The minimum absolute atomic E-state index is 0.195. The summed E-state index contributed by atoms with van der Waals surface area (Å²) in [5.41, 5.74) is 1.15. The van der Waals surface area contributed by atoms with Gasteiger partial charge in [-0.2, -0.15) is 4.98 Å². The van der Waals surface area contributed by atoms with Gasteiger partial charge in [-0.05, 0) is 88.7 Å². The van der Waals surface area contributed by atoms with Crippen LogP contribution < -0.4 is 20.7 Å². The van der Waals surface area contributed by atoms with Crippen molar-refractivity contribution in [2.24, 2.45) is 0 Å². The zero-order valence-electron chi connectivity index (χ0n) is 24.7. The molecule has 12 heteroatoms. The fourth-order valence-electron chi connectivity index (χ4n) is 5.52. The number of sulfone groups is 1. The van der Waals surface area contributed by atoms with E-state index in [1.54, 1.807) is 45.2 Å². The van der Waals surface area contributed by atoms with Crippen molar-refractivity contribution in [3.63, 3.8) is 0 Å². The summed E-state index contributed by atoms with van der Waals surface area (Å²) in [5.74, 6) is 1.35. The van der Waals surface area contributed by atoms with Gasteiger partial charge >= 0.3 is 0 Å². The summed E-state index contributed by atoms with van der Waals surface area (Å²) in [7, 11) is 0.129. The van der Waals surface area contributed by atoms with Gasteiger partial charge in [0.1, 0.15) is 10.8 Å². The SMILES string of the molecule is COc1cc(P2CCN(C3CCN(C)CC3)CC2)ccc1Nc1ncc(Cl)c(Nc2ccccc2S(=O)(=O)C(C)C)n1. The monoisotopic (exact) mass is 630 g/mol. The van der Waals surface area contributed by atoms with Crippen molar-refractivity contribution in [2.45, 2.75) is 42.9 Å². The van der Waals surface area contributed by atoms with Gasteiger partial charge in [-0.15, -0.1) is 0 Å². The maximum Gasteiger partial charge on any atom is 0.229 e. The quantitative estimate of drug-likeness (QED) is 0.304. The number of anilines is 4. The van der Waals surface area contributed by atoms with Crippen LogP contribution in [0.2, 0.25) is 5.02 Å². The van der Waals surface area contributed by atoms with Gasteiger partial charge in [0, 0.05) is 19.1 Å². The first-order valence-corrected chi connectivity index (χ1v) is 18.0. The predicted molar refractivity (Wildman–Crippen MR) is 174 cm³/mol. The van der Waals surface area contributed by atoms with E-state index < -0.39 is 15.1 Å². The van der Waals surface area contributed by atoms with E-state index >= 15 is 0 Å². The summed E-state index contributed by atoms with van der Waals surface area (Å²) in [5, 5.41) is 7.41. The number of aromatic nitrogens is 2. The second-order valence-electron chi connectivity index (χ2n) is 11.2. The van der Waals surface area contributed by atoms with Gasteiger partial charge in [-0.25, -0.2) is 13.4 Å². The molecule has 2 aliphatic rings. The molecule has 0 radical (unpaired) electrons. The van der Waals surface area contributed by atoms with Crippen LogP contribution >= 0.6 is 19.5 Å². The topological polar surface area (TPSA) is 99.7 Å². The van der Waals surface area contributed by atoms with Gasteiger partial charge in [0.15, 0.2) is 15.7 Å². The lowest BCUT2D eigenvalue weighted by molar-refractivity contribution is 0.130. The number of nitrogens with zero attached hydrogens (tertiary/aromatic N) is 4. The zero-order valence-corrected chi connectivity index (χ0v) is 27.1. The maximum absolute atomic E-state index is 12.9. The number of likely N-dealkylation sites (tertiary alicyclic amines) is 1. The Bertz CT molecular complexity index is 1490. The highest BCUT2D eigenvalue weighted by Gasteiger charge is 2.28. The Morgan fingerprint density at radius 1 is 1.02 bits per heavy atom. The van der Waals surface area contributed by atoms with Gasteiger partial charge in [0.2, 0.25) is 5.95 Å². The van der Waals surface area contributed by atoms with Crippen LogP contribution in [0.25, 0.3) is 0 Å². The molecule has 0 aliphatic carbocycles. The summed E-state index contributed by atoms with van der Waals surface area (Å²) >= 11 is 6.42. The highest BCUT2D eigenvalue weighted by molar-refractivity contribution is 7.92. The molecule has 2 aliphatic heterocycles. The molecule has 2 fully saturated rings. The molecule has 2 saturated heterocycles. The molecule has 9 nitrogen and oxygen atoms in total. The standard InChI is InChI=1S/C30H40ClN6O3PS/c1-21(2)42(38,39)28-8-6-5-7-26(28)33-29-24(31)20-32-30(35-29)34-25-10-9-23(19-27(25)40-4)41-17-15-37(16-18-41)22-11-13-36(3)14-12-22/h5-10,19-22H,11-18H2,1-4H3,(H2,32,33,34,35). The highest BCUT2D eigenvalue weighted by Crippen LogP contribution is 2.40. The molecule has 42 heavy (non-hydrogen) atoms. The van der Waals surface area contributed by atoms with Gasteiger partial charge in [0.05, 0.1) is 34.8 Å². The largest absolute Gasteiger partial charge is 0.495 e. The number of rotatable bonds is 9. The number of piperidine rings is 1. The molecule has 3 aromatic rings. The first-order valence-electron chi connectivity index (χ1n) is 14.4. The average molecular weight is 631 g/mol. The molecule has 0 bridgehead atoms. The molecule has 0 atom stereocenters. The summed E-state index contributed by atoms with van der Waals surface area (Å²) < 4.78 is 31.6. The Kier molecular flexibility index (Phi) is 9.90. The van der Waals surface area contributed by atoms with Gasteiger partial charge in [0.25, 0.3) is 0 Å². The van der Waals surface area contributed by atoms with E-state index in [0.717, 1.165) is 17.5 Å². The Morgan fingerprint density at radius 3 is 2.43 bits per heavy atom. The molecule has 0 amide bonds. The predicted octanol–water partition coefficient (Wildman–Crippen LogP) is 5.32. The molecule has 0 saturated carbocycles. The molecule has 226 valence electrons. The maximum atomic E-state index is 12.9. The van der Waals surface area contributed by atoms with Crippen molar-refractivity contribution in [3.05, 3.63) is 53.7 Å². The van der Waals surface area contributed by atoms with E-state index in [1.165, 1.54) is 62.8 Å². The zero-order chi connectivity index (χ0) is 29.9. The first kappa shape index (κ1) is 31.0. The Balaban J connectivity index is 1.28. The van der Waals surface area contributed by atoms with E-state index in [1.807, 2.05) is 6.07 Å². The van der Waals surface area contributed by atoms with Crippen LogP contribution in [-0.2, 0) is 9.84 Å².